The first-order chi connectivity index (χ1) is 8.20. The number of hydrogen-bond donors (Lipinski definition) is 1. The van der Waals surface area contributed by atoms with Crippen molar-refractivity contribution in [2.45, 2.75) is 6.92 Å². The average molecular weight is 231 g/mol. The number of aromatic nitrogens is 2. The molecule has 0 aliphatic rings. The molecule has 0 aliphatic heterocycles. The zero-order valence-electron chi connectivity index (χ0n) is 9.73. The van der Waals surface area contributed by atoms with E-state index < -0.39 is 0 Å². The predicted molar refractivity (Wildman–Crippen MR) is 64.8 cm³/mol. The molecular weight excluding hydrogens is 218 g/mol. The number of esters is 1. The van der Waals surface area contributed by atoms with E-state index in [9.17, 15) is 4.79 Å². The maximum Gasteiger partial charge on any atom is 0.325 e. The van der Waals surface area contributed by atoms with Gasteiger partial charge in [-0.3, -0.25) is 4.79 Å². The van der Waals surface area contributed by atoms with E-state index >= 15 is 0 Å². The van der Waals surface area contributed by atoms with Gasteiger partial charge in [0, 0.05) is 5.39 Å². The molecule has 0 bridgehead atoms. The molecule has 0 atom stereocenters. The van der Waals surface area contributed by atoms with Crippen molar-refractivity contribution in [3.05, 3.63) is 30.1 Å². The molecule has 0 fully saturated rings. The van der Waals surface area contributed by atoms with E-state index in [0.29, 0.717) is 5.82 Å². The number of hydrogen-bond acceptors (Lipinski definition) is 5. The number of carbonyl (C=O) groups is 1. The number of fused-ring (bicyclic) bond motifs is 1. The topological polar surface area (TPSA) is 64.1 Å². The fourth-order valence-corrected chi connectivity index (χ4v) is 1.54. The second-order valence-electron chi connectivity index (χ2n) is 3.67. The van der Waals surface area contributed by atoms with Crippen molar-refractivity contribution in [2.75, 3.05) is 19.0 Å². The molecular formula is C12H13N3O2. The lowest BCUT2D eigenvalue weighted by molar-refractivity contribution is -0.138. The monoisotopic (exact) mass is 231 g/mol. The third-order valence-electron chi connectivity index (χ3n) is 2.42. The fourth-order valence-electron chi connectivity index (χ4n) is 1.54. The van der Waals surface area contributed by atoms with Gasteiger partial charge in [0.15, 0.2) is 0 Å². The molecule has 0 saturated heterocycles. The van der Waals surface area contributed by atoms with Crippen molar-refractivity contribution >= 4 is 22.7 Å². The van der Waals surface area contributed by atoms with E-state index in [2.05, 4.69) is 20.0 Å². The summed E-state index contributed by atoms with van der Waals surface area (Å²) in [6.07, 6.45) is 1.47. The summed E-state index contributed by atoms with van der Waals surface area (Å²) < 4.78 is 4.56. The summed E-state index contributed by atoms with van der Waals surface area (Å²) in [4.78, 5) is 19.3. The molecule has 0 spiro atoms. The number of methoxy groups -OCH3 is 1. The predicted octanol–water partition coefficient (Wildman–Crippen LogP) is 1.52. The zero-order chi connectivity index (χ0) is 12.3. The maximum absolute atomic E-state index is 11.1. The first-order valence-corrected chi connectivity index (χ1v) is 5.23. The standard InChI is InChI=1S/C12H13N3O2/c1-8-3-4-10-9(5-8)12(15-7-14-10)13-6-11(16)17-2/h3-5,7H,6H2,1-2H3,(H,13,14,15). The minimum Gasteiger partial charge on any atom is -0.468 e. The molecule has 0 radical (unpaired) electrons. The molecule has 0 amide bonds. The van der Waals surface area contributed by atoms with Gasteiger partial charge >= 0.3 is 5.97 Å². The van der Waals surface area contributed by atoms with Crippen molar-refractivity contribution < 1.29 is 9.53 Å². The van der Waals surface area contributed by atoms with E-state index in [1.165, 1.54) is 13.4 Å². The van der Waals surface area contributed by atoms with Crippen LogP contribution < -0.4 is 5.32 Å². The van der Waals surface area contributed by atoms with Crippen LogP contribution in [0, 0.1) is 6.92 Å². The van der Waals surface area contributed by atoms with Gasteiger partial charge in [-0.05, 0) is 19.1 Å². The molecule has 1 N–H and O–H groups in total. The summed E-state index contributed by atoms with van der Waals surface area (Å²) in [5.74, 6) is 0.313. The number of nitrogens with zero attached hydrogens (tertiary/aromatic N) is 2. The Morgan fingerprint density at radius 1 is 1.41 bits per heavy atom. The molecule has 5 heteroatoms. The van der Waals surface area contributed by atoms with Crippen LogP contribution in [-0.2, 0) is 9.53 Å². The quantitative estimate of drug-likeness (QED) is 0.811. The Morgan fingerprint density at radius 3 is 3.00 bits per heavy atom. The molecule has 1 heterocycles. The smallest absolute Gasteiger partial charge is 0.325 e. The Kier molecular flexibility index (Phi) is 3.18. The number of carbonyl (C=O) groups excluding carboxylic acids is 1. The summed E-state index contributed by atoms with van der Waals surface area (Å²) in [5.41, 5.74) is 1.96. The lowest BCUT2D eigenvalue weighted by Gasteiger charge is -2.07. The molecule has 1 aromatic heterocycles. The molecule has 17 heavy (non-hydrogen) atoms. The van der Waals surface area contributed by atoms with Gasteiger partial charge in [-0.2, -0.15) is 0 Å². The van der Waals surface area contributed by atoms with Crippen LogP contribution in [0.3, 0.4) is 0 Å². The van der Waals surface area contributed by atoms with Gasteiger partial charge in [0.2, 0.25) is 0 Å². The minimum absolute atomic E-state index is 0.0938. The number of anilines is 1. The van der Waals surface area contributed by atoms with Crippen molar-refractivity contribution in [3.63, 3.8) is 0 Å². The zero-order valence-corrected chi connectivity index (χ0v) is 9.73. The van der Waals surface area contributed by atoms with Gasteiger partial charge in [-0.1, -0.05) is 11.6 Å². The van der Waals surface area contributed by atoms with Gasteiger partial charge in [-0.25, -0.2) is 9.97 Å². The lowest BCUT2D eigenvalue weighted by atomic mass is 10.1. The molecule has 0 aliphatic carbocycles. The van der Waals surface area contributed by atoms with Crippen LogP contribution in [0.5, 0.6) is 0 Å². The van der Waals surface area contributed by atoms with Crippen LogP contribution in [0.1, 0.15) is 5.56 Å². The highest BCUT2D eigenvalue weighted by molar-refractivity contribution is 5.90. The second kappa shape index (κ2) is 4.78. The first kappa shape index (κ1) is 11.3. The number of nitrogens with one attached hydrogen (secondary N) is 1. The Labute approximate surface area is 98.8 Å². The molecule has 2 aromatic rings. The molecule has 5 nitrogen and oxygen atoms in total. The highest BCUT2D eigenvalue weighted by Crippen LogP contribution is 2.19. The van der Waals surface area contributed by atoms with E-state index in [1.807, 2.05) is 25.1 Å². The summed E-state index contributed by atoms with van der Waals surface area (Å²) in [6.45, 7) is 2.09. The Balaban J connectivity index is 2.33. The van der Waals surface area contributed by atoms with Gasteiger partial charge < -0.3 is 10.1 Å². The first-order valence-electron chi connectivity index (χ1n) is 5.23. The molecule has 1 aromatic carbocycles. The summed E-state index contributed by atoms with van der Waals surface area (Å²) in [7, 11) is 1.35. The second-order valence-corrected chi connectivity index (χ2v) is 3.67. The maximum atomic E-state index is 11.1. The summed E-state index contributed by atoms with van der Waals surface area (Å²) in [5, 5.41) is 3.84. The Hall–Kier alpha value is -2.17. The van der Waals surface area contributed by atoms with Gasteiger partial charge in [0.25, 0.3) is 0 Å². The van der Waals surface area contributed by atoms with E-state index in [0.717, 1.165) is 16.5 Å². The van der Waals surface area contributed by atoms with Gasteiger partial charge in [0.1, 0.15) is 18.7 Å². The van der Waals surface area contributed by atoms with E-state index in [1.54, 1.807) is 0 Å². The molecule has 0 unspecified atom stereocenters. The fraction of sp³-hybridized carbons (Fsp3) is 0.250. The van der Waals surface area contributed by atoms with Crippen LogP contribution in [-0.4, -0.2) is 29.6 Å². The highest BCUT2D eigenvalue weighted by atomic mass is 16.5. The Bertz CT molecular complexity index is 554. The van der Waals surface area contributed by atoms with Gasteiger partial charge in [0.05, 0.1) is 12.6 Å². The normalized spacial score (nSPS) is 10.2. The Morgan fingerprint density at radius 2 is 2.24 bits per heavy atom. The highest BCUT2D eigenvalue weighted by Gasteiger charge is 2.05. The summed E-state index contributed by atoms with van der Waals surface area (Å²) >= 11 is 0. The number of benzene rings is 1. The van der Waals surface area contributed by atoms with Crippen LogP contribution in [0.25, 0.3) is 10.9 Å². The third-order valence-corrected chi connectivity index (χ3v) is 2.42. The number of rotatable bonds is 3. The van der Waals surface area contributed by atoms with Crippen molar-refractivity contribution in [1.82, 2.24) is 9.97 Å². The number of aryl methyl sites for hydroxylation is 1. The molecule has 0 saturated carbocycles. The minimum atomic E-state index is -0.329. The third kappa shape index (κ3) is 2.50. The van der Waals surface area contributed by atoms with Crippen LogP contribution in [0.2, 0.25) is 0 Å². The largest absolute Gasteiger partial charge is 0.468 e. The van der Waals surface area contributed by atoms with Crippen LogP contribution in [0.15, 0.2) is 24.5 Å². The lowest BCUT2D eigenvalue weighted by Crippen LogP contribution is -2.15. The van der Waals surface area contributed by atoms with Crippen molar-refractivity contribution in [1.29, 1.82) is 0 Å². The van der Waals surface area contributed by atoms with Crippen LogP contribution in [0.4, 0.5) is 5.82 Å². The molecule has 88 valence electrons. The van der Waals surface area contributed by atoms with Crippen molar-refractivity contribution in [2.24, 2.45) is 0 Å². The van der Waals surface area contributed by atoms with Gasteiger partial charge in [-0.15, -0.1) is 0 Å². The molecule has 2 rings (SSSR count). The summed E-state index contributed by atoms with van der Waals surface area (Å²) in [6, 6.07) is 5.89. The SMILES string of the molecule is COC(=O)CNc1ncnc2ccc(C)cc12. The van der Waals surface area contributed by atoms with Crippen molar-refractivity contribution in [3.8, 4) is 0 Å². The van der Waals surface area contributed by atoms with Crippen LogP contribution >= 0.6 is 0 Å². The number of ether oxygens (including phenoxy) is 1. The van der Waals surface area contributed by atoms with E-state index in [4.69, 9.17) is 0 Å². The average Bonchev–Trinajstić information content (AvgIpc) is 2.35. The van der Waals surface area contributed by atoms with E-state index in [-0.39, 0.29) is 12.5 Å².